The third-order valence-corrected chi connectivity index (χ3v) is 4.66. The maximum Gasteiger partial charge on any atom is 0.366 e. The molecule has 0 aliphatic carbocycles. The van der Waals surface area contributed by atoms with Gasteiger partial charge in [0.05, 0.1) is 0 Å². The summed E-state index contributed by atoms with van der Waals surface area (Å²) in [6.07, 6.45) is 2.85. The summed E-state index contributed by atoms with van der Waals surface area (Å²) >= 11 is 0.252. The van der Waals surface area contributed by atoms with Crippen molar-refractivity contribution in [2.24, 2.45) is 0 Å². The van der Waals surface area contributed by atoms with Crippen LogP contribution < -0.4 is 0 Å². The minimum absolute atomic E-state index is 0.252. The Morgan fingerprint density at radius 3 is 2.00 bits per heavy atom. The lowest BCUT2D eigenvalue weighted by molar-refractivity contribution is 0.185. The van der Waals surface area contributed by atoms with Crippen LogP contribution in [-0.2, 0) is 0 Å². The molecular weight excluding hydrogens is 182 g/mol. The number of hydrogen-bond donors (Lipinski definition) is 0. The highest BCUT2D eigenvalue weighted by Gasteiger charge is 2.12. The van der Waals surface area contributed by atoms with Gasteiger partial charge in [-0.2, -0.15) is 0 Å². The quantitative estimate of drug-likeness (QED) is 0.437. The number of unbranched alkanes of at least 4 members (excludes halogenated alkanes) is 1. The van der Waals surface area contributed by atoms with Crippen molar-refractivity contribution in [3.63, 3.8) is 0 Å². The van der Waals surface area contributed by atoms with Crippen LogP contribution in [0, 0.1) is 0 Å². The molecule has 0 bridgehead atoms. The molecule has 14 heavy (non-hydrogen) atoms. The first-order valence-corrected chi connectivity index (χ1v) is 8.35. The monoisotopic (exact) mass is 209 g/mol. The van der Waals surface area contributed by atoms with E-state index >= 15 is 0 Å². The lowest BCUT2D eigenvalue weighted by Crippen LogP contribution is -2.37. The smallest absolute Gasteiger partial charge is 0.301 e. The highest BCUT2D eigenvalue weighted by atomic mass is 24.5. The largest absolute Gasteiger partial charge is 0.366 e. The van der Waals surface area contributed by atoms with Gasteiger partial charge in [0.1, 0.15) is 0 Å². The van der Waals surface area contributed by atoms with Gasteiger partial charge in [-0.05, 0) is 34.2 Å². The van der Waals surface area contributed by atoms with Gasteiger partial charge in [-0.25, -0.2) is 0 Å². The molecular formula is C12H27MgN. The maximum atomic E-state index is 2.62. The summed E-state index contributed by atoms with van der Waals surface area (Å²) in [7, 11) is 0. The summed E-state index contributed by atoms with van der Waals surface area (Å²) in [5.41, 5.74) is 0. The Balaban J connectivity index is 3.52. The predicted molar refractivity (Wildman–Crippen MR) is 67.3 cm³/mol. The third kappa shape index (κ3) is 7.08. The molecule has 1 nitrogen and oxygen atoms in total. The summed E-state index contributed by atoms with van der Waals surface area (Å²) in [6, 6.07) is 1.44. The lowest BCUT2D eigenvalue weighted by atomic mass is 10.2. The van der Waals surface area contributed by atoms with Crippen molar-refractivity contribution in [3.05, 3.63) is 0 Å². The van der Waals surface area contributed by atoms with Gasteiger partial charge in [0.25, 0.3) is 0 Å². The molecule has 0 aliphatic heterocycles. The topological polar surface area (TPSA) is 3.24 Å². The van der Waals surface area contributed by atoms with Crippen molar-refractivity contribution in [2.75, 3.05) is 6.54 Å². The second-order valence-electron chi connectivity index (χ2n) is 4.84. The van der Waals surface area contributed by atoms with Gasteiger partial charge in [0.2, 0.25) is 0 Å². The second kappa shape index (κ2) is 8.99. The Hall–Kier alpha value is 0.726. The van der Waals surface area contributed by atoms with Crippen molar-refractivity contribution in [3.8, 4) is 0 Å². The predicted octanol–water partition coefficient (Wildman–Crippen LogP) is 3.45. The first-order valence-electron chi connectivity index (χ1n) is 6.35. The van der Waals surface area contributed by atoms with E-state index in [4.69, 9.17) is 0 Å². The molecule has 0 saturated carbocycles. The molecule has 0 aliphatic rings. The average Bonchev–Trinajstić information content (AvgIpc) is 2.09. The number of nitrogens with zero attached hydrogens (tertiary/aromatic N) is 1. The summed E-state index contributed by atoms with van der Waals surface area (Å²) < 4.78 is 3.07. The molecule has 0 aromatic heterocycles. The Bertz CT molecular complexity index is 115. The van der Waals surface area contributed by atoms with Crippen LogP contribution in [0.4, 0.5) is 0 Å². The van der Waals surface area contributed by atoms with Gasteiger partial charge in [-0.1, -0.05) is 19.8 Å². The van der Waals surface area contributed by atoms with Crippen LogP contribution in [0.2, 0.25) is 9.10 Å². The van der Waals surface area contributed by atoms with Crippen LogP contribution in [0.15, 0.2) is 0 Å². The minimum atomic E-state index is 0.252. The van der Waals surface area contributed by atoms with Crippen molar-refractivity contribution < 1.29 is 0 Å². The maximum absolute atomic E-state index is 2.62. The molecule has 0 amide bonds. The second-order valence-corrected chi connectivity index (χ2v) is 6.96. The van der Waals surface area contributed by atoms with Crippen LogP contribution in [0.1, 0.15) is 47.5 Å². The van der Waals surface area contributed by atoms with Gasteiger partial charge in [-0.15, -0.1) is 9.10 Å². The molecule has 0 heterocycles. The zero-order chi connectivity index (χ0) is 11.0. The van der Waals surface area contributed by atoms with Crippen molar-refractivity contribution >= 4 is 20.4 Å². The Kier molecular flexibility index (Phi) is 9.46. The first-order chi connectivity index (χ1) is 6.59. The summed E-state index contributed by atoms with van der Waals surface area (Å²) in [6.45, 7) is 12.9. The third-order valence-electron chi connectivity index (χ3n) is 2.85. The van der Waals surface area contributed by atoms with E-state index in [9.17, 15) is 0 Å². The molecule has 2 heteroatoms. The Morgan fingerprint density at radius 1 is 1.00 bits per heavy atom. The van der Waals surface area contributed by atoms with Crippen LogP contribution in [0.3, 0.4) is 0 Å². The number of rotatable bonds is 8. The summed E-state index contributed by atoms with van der Waals surface area (Å²) in [5.74, 6) is 0. The van der Waals surface area contributed by atoms with E-state index in [-0.39, 0.29) is 20.4 Å². The molecule has 0 unspecified atom stereocenters. The summed E-state index contributed by atoms with van der Waals surface area (Å²) in [4.78, 5) is 2.62. The molecule has 0 aromatic rings. The van der Waals surface area contributed by atoms with E-state index in [1.807, 2.05) is 0 Å². The Morgan fingerprint density at radius 2 is 1.57 bits per heavy atom. The minimum Gasteiger partial charge on any atom is -0.301 e. The van der Waals surface area contributed by atoms with E-state index in [1.165, 1.54) is 23.9 Å². The first kappa shape index (κ1) is 14.7. The van der Waals surface area contributed by atoms with Gasteiger partial charge >= 0.3 is 20.4 Å². The van der Waals surface area contributed by atoms with Crippen molar-refractivity contribution in [2.45, 2.75) is 68.6 Å². The lowest BCUT2D eigenvalue weighted by Gasteiger charge is -2.30. The molecule has 0 atom stereocenters. The summed E-state index contributed by atoms with van der Waals surface area (Å²) in [5, 5.41) is 0. The normalized spacial score (nSPS) is 11.4. The van der Waals surface area contributed by atoms with E-state index in [0.29, 0.717) is 0 Å². The van der Waals surface area contributed by atoms with Gasteiger partial charge in [0.15, 0.2) is 0 Å². The number of hydrogen-bond acceptors (Lipinski definition) is 1. The molecule has 82 valence electrons. The van der Waals surface area contributed by atoms with Crippen LogP contribution >= 0.6 is 0 Å². The highest BCUT2D eigenvalue weighted by molar-refractivity contribution is 6.35. The van der Waals surface area contributed by atoms with Gasteiger partial charge < -0.3 is 4.90 Å². The van der Waals surface area contributed by atoms with Crippen molar-refractivity contribution in [1.82, 2.24) is 4.90 Å². The van der Waals surface area contributed by atoms with Crippen LogP contribution in [0.5, 0.6) is 0 Å². The van der Waals surface area contributed by atoms with Crippen LogP contribution in [-0.4, -0.2) is 43.9 Å². The SMILES string of the molecule is CCC[CH2][Mg][CH2]CN(C(C)C)C(C)C. The van der Waals surface area contributed by atoms with Gasteiger partial charge in [-0.3, -0.25) is 0 Å². The van der Waals surface area contributed by atoms with Crippen LogP contribution in [0.25, 0.3) is 0 Å². The molecule has 0 rings (SSSR count). The standard InChI is InChI=1S/C8H18N.C4H9.Mg/c1-6-9(7(2)3)8(4)5;1-3-4-2;/h7-8H,1,6H2,2-5H3;1,3-4H2,2H3;. The highest BCUT2D eigenvalue weighted by Crippen LogP contribution is 2.06. The van der Waals surface area contributed by atoms with E-state index in [2.05, 4.69) is 39.5 Å². The molecule has 0 spiro atoms. The fraction of sp³-hybridized carbons (Fsp3) is 1.00. The van der Waals surface area contributed by atoms with E-state index < -0.39 is 0 Å². The zero-order valence-corrected chi connectivity index (χ0v) is 12.3. The van der Waals surface area contributed by atoms with Gasteiger partial charge in [0, 0.05) is 12.1 Å². The molecule has 0 aromatic carbocycles. The molecule has 0 radical (unpaired) electrons. The molecule has 0 saturated heterocycles. The Labute approximate surface area is 100 Å². The fourth-order valence-electron chi connectivity index (χ4n) is 2.01. The van der Waals surface area contributed by atoms with Crippen molar-refractivity contribution in [1.29, 1.82) is 0 Å². The zero-order valence-electron chi connectivity index (χ0n) is 10.8. The molecule has 0 N–H and O–H groups in total. The molecule has 0 fully saturated rings. The van der Waals surface area contributed by atoms with E-state index in [0.717, 1.165) is 12.1 Å². The fourth-order valence-corrected chi connectivity index (χ4v) is 3.81. The average molecular weight is 210 g/mol. The van der Waals surface area contributed by atoms with E-state index in [1.54, 1.807) is 4.55 Å².